The Morgan fingerprint density at radius 2 is 2.71 bits per heavy atom. The van der Waals surface area contributed by atoms with Gasteiger partial charge in [-0.2, -0.15) is 0 Å². The first-order valence-corrected chi connectivity index (χ1v) is 3.86. The summed E-state index contributed by atoms with van der Waals surface area (Å²) in [5, 5.41) is 0.599. The van der Waals surface area contributed by atoms with Crippen molar-refractivity contribution < 1.29 is 0 Å². The standard InChI is InChI=1S/C5H7ClS/c6-4-5-2-1-3-7-5/h1-2,5H,3-4H2. The van der Waals surface area contributed by atoms with Crippen molar-refractivity contribution in [1.29, 1.82) is 0 Å². The molecule has 40 valence electrons. The van der Waals surface area contributed by atoms with E-state index in [9.17, 15) is 0 Å². The third-order valence-electron chi connectivity index (χ3n) is 0.909. The van der Waals surface area contributed by atoms with Gasteiger partial charge in [-0.1, -0.05) is 12.2 Å². The van der Waals surface area contributed by atoms with Gasteiger partial charge < -0.3 is 0 Å². The minimum atomic E-state index is 0.599. The van der Waals surface area contributed by atoms with E-state index in [1.165, 1.54) is 0 Å². The average Bonchev–Trinajstić information content (AvgIpc) is 2.14. The van der Waals surface area contributed by atoms with Crippen molar-refractivity contribution >= 4 is 23.4 Å². The molecule has 1 aliphatic rings. The highest BCUT2D eigenvalue weighted by atomic mass is 35.5. The summed E-state index contributed by atoms with van der Waals surface area (Å²) in [4.78, 5) is 0. The summed E-state index contributed by atoms with van der Waals surface area (Å²) >= 11 is 7.44. The lowest BCUT2D eigenvalue weighted by Crippen LogP contribution is -1.93. The molecule has 7 heavy (non-hydrogen) atoms. The summed E-state index contributed by atoms with van der Waals surface area (Å²) in [6, 6.07) is 0. The highest BCUT2D eigenvalue weighted by Crippen LogP contribution is 2.19. The van der Waals surface area contributed by atoms with Crippen molar-refractivity contribution in [2.45, 2.75) is 5.25 Å². The molecular weight excluding hydrogens is 128 g/mol. The van der Waals surface area contributed by atoms with Crippen LogP contribution in [0.1, 0.15) is 0 Å². The molecule has 0 aromatic carbocycles. The number of hydrogen-bond acceptors (Lipinski definition) is 1. The summed E-state index contributed by atoms with van der Waals surface area (Å²) in [6.45, 7) is 0. The van der Waals surface area contributed by atoms with Crippen LogP contribution in [-0.4, -0.2) is 16.9 Å². The largest absolute Gasteiger partial charge is 0.149 e. The topological polar surface area (TPSA) is 0 Å². The molecule has 0 saturated heterocycles. The van der Waals surface area contributed by atoms with Gasteiger partial charge in [0, 0.05) is 16.9 Å². The lowest BCUT2D eigenvalue weighted by molar-refractivity contribution is 1.28. The van der Waals surface area contributed by atoms with Gasteiger partial charge in [0.25, 0.3) is 0 Å². The van der Waals surface area contributed by atoms with Crippen molar-refractivity contribution in [2.75, 3.05) is 11.6 Å². The van der Waals surface area contributed by atoms with Crippen LogP contribution in [0.4, 0.5) is 0 Å². The van der Waals surface area contributed by atoms with Crippen molar-refractivity contribution in [3.8, 4) is 0 Å². The Morgan fingerprint density at radius 3 is 3.00 bits per heavy atom. The lowest BCUT2D eigenvalue weighted by atomic mass is 10.4. The smallest absolute Gasteiger partial charge is 0.0377 e. The number of hydrogen-bond donors (Lipinski definition) is 0. The maximum atomic E-state index is 5.54. The Kier molecular flexibility index (Phi) is 2.07. The van der Waals surface area contributed by atoms with Gasteiger partial charge in [-0.25, -0.2) is 0 Å². The van der Waals surface area contributed by atoms with Gasteiger partial charge in [0.2, 0.25) is 0 Å². The number of thioether (sulfide) groups is 1. The lowest BCUT2D eigenvalue weighted by Gasteiger charge is -1.95. The van der Waals surface area contributed by atoms with E-state index in [-0.39, 0.29) is 0 Å². The highest BCUT2D eigenvalue weighted by Gasteiger charge is 2.05. The van der Waals surface area contributed by atoms with Crippen molar-refractivity contribution in [3.05, 3.63) is 12.2 Å². The van der Waals surface area contributed by atoms with Crippen molar-refractivity contribution in [3.63, 3.8) is 0 Å². The summed E-state index contributed by atoms with van der Waals surface area (Å²) in [6.07, 6.45) is 4.33. The summed E-state index contributed by atoms with van der Waals surface area (Å²) in [7, 11) is 0. The molecule has 0 fully saturated rings. The van der Waals surface area contributed by atoms with Crippen LogP contribution in [0.3, 0.4) is 0 Å². The van der Waals surface area contributed by atoms with Gasteiger partial charge >= 0.3 is 0 Å². The molecule has 0 bridgehead atoms. The molecule has 0 saturated carbocycles. The molecule has 0 amide bonds. The molecular formula is C5H7ClS. The molecule has 0 aliphatic carbocycles. The molecule has 1 aliphatic heterocycles. The monoisotopic (exact) mass is 134 g/mol. The number of alkyl halides is 1. The van der Waals surface area contributed by atoms with Gasteiger partial charge in [-0.05, 0) is 0 Å². The van der Waals surface area contributed by atoms with E-state index >= 15 is 0 Å². The van der Waals surface area contributed by atoms with Crippen molar-refractivity contribution in [2.24, 2.45) is 0 Å². The van der Waals surface area contributed by atoms with Crippen LogP contribution in [0.25, 0.3) is 0 Å². The van der Waals surface area contributed by atoms with Gasteiger partial charge in [0.05, 0.1) is 0 Å². The molecule has 2 heteroatoms. The van der Waals surface area contributed by atoms with E-state index in [0.29, 0.717) is 5.25 Å². The molecule has 0 nitrogen and oxygen atoms in total. The van der Waals surface area contributed by atoms with Crippen LogP contribution in [0.5, 0.6) is 0 Å². The zero-order chi connectivity index (χ0) is 5.11. The Morgan fingerprint density at radius 1 is 1.86 bits per heavy atom. The van der Waals surface area contributed by atoms with E-state index in [1.807, 2.05) is 11.8 Å². The minimum Gasteiger partial charge on any atom is -0.149 e. The highest BCUT2D eigenvalue weighted by molar-refractivity contribution is 8.00. The van der Waals surface area contributed by atoms with E-state index < -0.39 is 0 Å². The van der Waals surface area contributed by atoms with E-state index in [4.69, 9.17) is 11.6 Å². The zero-order valence-corrected chi connectivity index (χ0v) is 5.50. The molecule has 0 aromatic heterocycles. The first kappa shape index (κ1) is 5.52. The SMILES string of the molecule is ClCC1C=CCS1. The molecule has 0 radical (unpaired) electrons. The van der Waals surface area contributed by atoms with Crippen LogP contribution in [0.2, 0.25) is 0 Å². The maximum absolute atomic E-state index is 5.54. The minimum absolute atomic E-state index is 0.599. The molecule has 0 spiro atoms. The van der Waals surface area contributed by atoms with Gasteiger partial charge in [0.1, 0.15) is 0 Å². The normalized spacial score (nSPS) is 29.0. The Balaban J connectivity index is 2.28. The van der Waals surface area contributed by atoms with Gasteiger partial charge in [0.15, 0.2) is 0 Å². The molecule has 0 aromatic rings. The van der Waals surface area contributed by atoms with Crippen LogP contribution >= 0.6 is 23.4 Å². The molecule has 1 unspecified atom stereocenters. The third kappa shape index (κ3) is 1.39. The fourth-order valence-corrected chi connectivity index (χ4v) is 1.69. The van der Waals surface area contributed by atoms with Gasteiger partial charge in [-0.3, -0.25) is 0 Å². The Bertz CT molecular complexity index is 80.1. The molecule has 1 atom stereocenters. The molecule has 1 rings (SSSR count). The fraction of sp³-hybridized carbons (Fsp3) is 0.600. The Hall–Kier alpha value is 0.380. The first-order valence-electron chi connectivity index (χ1n) is 2.27. The average molecular weight is 135 g/mol. The van der Waals surface area contributed by atoms with E-state index in [0.717, 1.165) is 11.6 Å². The molecule has 1 heterocycles. The molecule has 0 N–H and O–H groups in total. The summed E-state index contributed by atoms with van der Waals surface area (Å²) in [5.74, 6) is 1.92. The van der Waals surface area contributed by atoms with Gasteiger partial charge in [-0.15, -0.1) is 23.4 Å². The second kappa shape index (κ2) is 2.63. The quantitative estimate of drug-likeness (QED) is 0.390. The second-order valence-electron chi connectivity index (χ2n) is 1.45. The first-order chi connectivity index (χ1) is 3.43. The number of rotatable bonds is 1. The predicted molar refractivity (Wildman–Crippen MR) is 36.1 cm³/mol. The van der Waals surface area contributed by atoms with Crippen LogP contribution in [-0.2, 0) is 0 Å². The number of halogens is 1. The zero-order valence-electron chi connectivity index (χ0n) is 3.93. The van der Waals surface area contributed by atoms with E-state index in [2.05, 4.69) is 12.2 Å². The van der Waals surface area contributed by atoms with Crippen LogP contribution < -0.4 is 0 Å². The van der Waals surface area contributed by atoms with E-state index in [1.54, 1.807) is 0 Å². The summed E-state index contributed by atoms with van der Waals surface area (Å²) < 4.78 is 0. The van der Waals surface area contributed by atoms with Crippen LogP contribution in [0.15, 0.2) is 12.2 Å². The van der Waals surface area contributed by atoms with Crippen LogP contribution in [0, 0.1) is 0 Å². The fourth-order valence-electron chi connectivity index (χ4n) is 0.538. The maximum Gasteiger partial charge on any atom is 0.0377 e. The summed E-state index contributed by atoms with van der Waals surface area (Å²) in [5.41, 5.74) is 0. The second-order valence-corrected chi connectivity index (χ2v) is 3.04. The predicted octanol–water partition coefficient (Wildman–Crippen LogP) is 1.90. The van der Waals surface area contributed by atoms with Crippen molar-refractivity contribution in [1.82, 2.24) is 0 Å². The Labute approximate surface area is 52.9 Å². The third-order valence-corrected chi connectivity index (χ3v) is 2.56.